The Morgan fingerprint density at radius 1 is 1.44 bits per heavy atom. The lowest BCUT2D eigenvalue weighted by Gasteiger charge is -2.12. The Morgan fingerprint density at radius 2 is 2.28 bits per heavy atom. The monoisotopic (exact) mass is 309 g/mol. The number of benzene rings is 1. The van der Waals surface area contributed by atoms with Crippen molar-refractivity contribution >= 4 is 15.9 Å². The molecule has 2 aromatic rings. The Balaban J connectivity index is 2.27. The standard InChI is InChI=1S/C12H16BrN5/c1-3-7-14-9(2)12-15-16-17-18(12)11-6-4-5-10(13)8-11/h4-6,8-9,14H,3,7H2,1-2H3. The zero-order valence-electron chi connectivity index (χ0n) is 10.5. The van der Waals surface area contributed by atoms with Crippen LogP contribution in [0.3, 0.4) is 0 Å². The van der Waals surface area contributed by atoms with Gasteiger partial charge in [-0.15, -0.1) is 5.10 Å². The Kier molecular flexibility index (Phi) is 4.43. The van der Waals surface area contributed by atoms with Crippen molar-refractivity contribution in [2.24, 2.45) is 0 Å². The van der Waals surface area contributed by atoms with E-state index < -0.39 is 0 Å². The Labute approximate surface area is 115 Å². The fourth-order valence-corrected chi connectivity index (χ4v) is 2.10. The van der Waals surface area contributed by atoms with Gasteiger partial charge in [-0.3, -0.25) is 0 Å². The molecule has 0 bridgehead atoms. The van der Waals surface area contributed by atoms with Crippen LogP contribution in [0.5, 0.6) is 0 Å². The number of halogens is 1. The van der Waals surface area contributed by atoms with E-state index in [-0.39, 0.29) is 6.04 Å². The highest BCUT2D eigenvalue weighted by Crippen LogP contribution is 2.17. The van der Waals surface area contributed by atoms with Gasteiger partial charge >= 0.3 is 0 Å². The second kappa shape index (κ2) is 6.06. The molecular formula is C12H16BrN5. The van der Waals surface area contributed by atoms with Crippen LogP contribution in [-0.2, 0) is 0 Å². The van der Waals surface area contributed by atoms with Crippen molar-refractivity contribution in [1.29, 1.82) is 0 Å². The largest absolute Gasteiger partial charge is 0.307 e. The fraction of sp³-hybridized carbons (Fsp3) is 0.417. The Hall–Kier alpha value is -1.27. The maximum absolute atomic E-state index is 4.10. The molecule has 1 aromatic carbocycles. The second-order valence-corrected chi connectivity index (χ2v) is 5.02. The van der Waals surface area contributed by atoms with Crippen molar-refractivity contribution in [3.63, 3.8) is 0 Å². The van der Waals surface area contributed by atoms with Crippen LogP contribution in [0.15, 0.2) is 28.7 Å². The van der Waals surface area contributed by atoms with Crippen molar-refractivity contribution in [1.82, 2.24) is 25.5 Å². The van der Waals surface area contributed by atoms with Crippen LogP contribution in [0.4, 0.5) is 0 Å². The van der Waals surface area contributed by atoms with E-state index in [0.717, 1.165) is 29.0 Å². The fourth-order valence-electron chi connectivity index (χ4n) is 1.71. The molecule has 1 unspecified atom stereocenters. The number of hydrogen-bond acceptors (Lipinski definition) is 4. The van der Waals surface area contributed by atoms with Crippen LogP contribution in [0.2, 0.25) is 0 Å². The first-order chi connectivity index (χ1) is 8.72. The third kappa shape index (κ3) is 2.94. The number of nitrogens with one attached hydrogen (secondary N) is 1. The van der Waals surface area contributed by atoms with Crippen molar-refractivity contribution in [2.75, 3.05) is 6.54 Å². The molecule has 0 spiro atoms. The minimum absolute atomic E-state index is 0.124. The van der Waals surface area contributed by atoms with E-state index in [9.17, 15) is 0 Å². The molecule has 0 aliphatic heterocycles. The Morgan fingerprint density at radius 3 is 3.00 bits per heavy atom. The van der Waals surface area contributed by atoms with Crippen LogP contribution in [0.1, 0.15) is 32.1 Å². The van der Waals surface area contributed by atoms with Gasteiger partial charge in [0.1, 0.15) is 0 Å². The van der Waals surface area contributed by atoms with Crippen LogP contribution in [-0.4, -0.2) is 26.8 Å². The molecule has 0 fully saturated rings. The van der Waals surface area contributed by atoms with Crippen molar-refractivity contribution in [3.05, 3.63) is 34.6 Å². The normalized spacial score (nSPS) is 12.6. The van der Waals surface area contributed by atoms with Crippen LogP contribution < -0.4 is 5.32 Å². The average Bonchev–Trinajstić information content (AvgIpc) is 2.85. The zero-order chi connectivity index (χ0) is 13.0. The highest BCUT2D eigenvalue weighted by Gasteiger charge is 2.14. The van der Waals surface area contributed by atoms with E-state index in [2.05, 4.69) is 50.6 Å². The van der Waals surface area contributed by atoms with Crippen molar-refractivity contribution < 1.29 is 0 Å². The summed E-state index contributed by atoms with van der Waals surface area (Å²) in [6.45, 7) is 5.15. The van der Waals surface area contributed by atoms with Gasteiger partial charge in [-0.1, -0.05) is 28.9 Å². The molecule has 0 saturated heterocycles. The Bertz CT molecular complexity index is 511. The summed E-state index contributed by atoms with van der Waals surface area (Å²) in [5.41, 5.74) is 0.953. The minimum Gasteiger partial charge on any atom is -0.307 e. The van der Waals surface area contributed by atoms with Gasteiger partial charge in [0.25, 0.3) is 0 Å². The van der Waals surface area contributed by atoms with Crippen LogP contribution in [0.25, 0.3) is 5.69 Å². The topological polar surface area (TPSA) is 55.6 Å². The third-order valence-electron chi connectivity index (χ3n) is 2.63. The first kappa shape index (κ1) is 13.2. The summed E-state index contributed by atoms with van der Waals surface area (Å²) in [4.78, 5) is 0. The molecule has 0 saturated carbocycles. The minimum atomic E-state index is 0.124. The average molecular weight is 310 g/mol. The summed E-state index contributed by atoms with van der Waals surface area (Å²) in [7, 11) is 0. The molecule has 5 nitrogen and oxygen atoms in total. The molecule has 1 atom stereocenters. The summed E-state index contributed by atoms with van der Waals surface area (Å²) < 4.78 is 2.77. The quantitative estimate of drug-likeness (QED) is 0.922. The molecule has 96 valence electrons. The van der Waals surface area contributed by atoms with E-state index in [1.165, 1.54) is 0 Å². The molecule has 6 heteroatoms. The summed E-state index contributed by atoms with van der Waals surface area (Å²) in [5.74, 6) is 0.821. The molecular weight excluding hydrogens is 294 g/mol. The first-order valence-corrected chi connectivity index (χ1v) is 6.79. The van der Waals surface area contributed by atoms with Gasteiger partial charge in [-0.05, 0) is 48.5 Å². The summed E-state index contributed by atoms with van der Waals surface area (Å²) in [6, 6.07) is 8.05. The molecule has 0 aliphatic rings. The van der Waals surface area contributed by atoms with E-state index >= 15 is 0 Å². The number of tetrazole rings is 1. The van der Waals surface area contributed by atoms with E-state index in [1.54, 1.807) is 4.68 Å². The van der Waals surface area contributed by atoms with Crippen molar-refractivity contribution in [3.8, 4) is 5.69 Å². The number of hydrogen-bond donors (Lipinski definition) is 1. The summed E-state index contributed by atoms with van der Waals surface area (Å²) >= 11 is 3.45. The SMILES string of the molecule is CCCNC(C)c1nnnn1-c1cccc(Br)c1. The van der Waals surface area contributed by atoms with Gasteiger partial charge in [0.05, 0.1) is 11.7 Å². The van der Waals surface area contributed by atoms with Crippen LogP contribution >= 0.6 is 15.9 Å². The maximum atomic E-state index is 4.10. The highest BCUT2D eigenvalue weighted by atomic mass is 79.9. The van der Waals surface area contributed by atoms with E-state index in [1.807, 2.05) is 24.3 Å². The third-order valence-corrected chi connectivity index (χ3v) is 3.13. The molecule has 0 aliphatic carbocycles. The van der Waals surface area contributed by atoms with Gasteiger partial charge < -0.3 is 5.32 Å². The predicted octanol–water partition coefficient (Wildman–Crippen LogP) is 2.49. The molecule has 0 radical (unpaired) electrons. The smallest absolute Gasteiger partial charge is 0.173 e. The van der Waals surface area contributed by atoms with E-state index in [4.69, 9.17) is 0 Å². The number of rotatable bonds is 5. The first-order valence-electron chi connectivity index (χ1n) is 6.00. The molecule has 1 aromatic heterocycles. The van der Waals surface area contributed by atoms with Gasteiger partial charge in [-0.25, -0.2) is 0 Å². The molecule has 18 heavy (non-hydrogen) atoms. The number of aromatic nitrogens is 4. The van der Waals surface area contributed by atoms with Gasteiger partial charge in [-0.2, -0.15) is 4.68 Å². The molecule has 1 N–H and O–H groups in total. The highest BCUT2D eigenvalue weighted by molar-refractivity contribution is 9.10. The molecule has 0 amide bonds. The van der Waals surface area contributed by atoms with Gasteiger partial charge in [0, 0.05) is 4.47 Å². The van der Waals surface area contributed by atoms with E-state index in [0.29, 0.717) is 0 Å². The predicted molar refractivity (Wildman–Crippen MR) is 73.6 cm³/mol. The number of nitrogens with zero attached hydrogens (tertiary/aromatic N) is 4. The molecule has 2 rings (SSSR count). The summed E-state index contributed by atoms with van der Waals surface area (Å²) in [6.07, 6.45) is 1.09. The second-order valence-electron chi connectivity index (χ2n) is 4.10. The zero-order valence-corrected chi connectivity index (χ0v) is 12.1. The van der Waals surface area contributed by atoms with Crippen LogP contribution in [0, 0.1) is 0 Å². The lowest BCUT2D eigenvalue weighted by molar-refractivity contribution is 0.531. The van der Waals surface area contributed by atoms with Gasteiger partial charge in [0.15, 0.2) is 5.82 Å². The van der Waals surface area contributed by atoms with Gasteiger partial charge in [0.2, 0.25) is 0 Å². The summed E-state index contributed by atoms with van der Waals surface area (Å²) in [5, 5.41) is 15.3. The molecule has 1 heterocycles. The lowest BCUT2D eigenvalue weighted by Crippen LogP contribution is -2.22. The lowest BCUT2D eigenvalue weighted by atomic mass is 10.2. The maximum Gasteiger partial charge on any atom is 0.173 e. The van der Waals surface area contributed by atoms with Crippen molar-refractivity contribution in [2.45, 2.75) is 26.3 Å².